The second-order valence-corrected chi connectivity index (χ2v) is 6.29. The third-order valence-corrected chi connectivity index (χ3v) is 4.43. The first-order chi connectivity index (χ1) is 11.7. The van der Waals surface area contributed by atoms with Crippen LogP contribution in [0.5, 0.6) is 0 Å². The minimum Gasteiger partial charge on any atom is -0.354 e. The van der Waals surface area contributed by atoms with Crippen molar-refractivity contribution in [1.82, 2.24) is 25.9 Å². The summed E-state index contributed by atoms with van der Waals surface area (Å²) in [6.45, 7) is 2.25. The van der Waals surface area contributed by atoms with E-state index in [4.69, 9.17) is 0 Å². The maximum atomic E-state index is 12.2. The first-order valence-electron chi connectivity index (χ1n) is 8.59. The zero-order valence-corrected chi connectivity index (χ0v) is 13.7. The summed E-state index contributed by atoms with van der Waals surface area (Å²) in [5.41, 5.74) is 0. The largest absolute Gasteiger partial charge is 0.354 e. The highest BCUT2D eigenvalue weighted by Crippen LogP contribution is 2.15. The number of nitrogens with one attached hydrogen (secondary N) is 3. The summed E-state index contributed by atoms with van der Waals surface area (Å²) in [5, 5.41) is 8.60. The minimum atomic E-state index is -0.440. The molecular formula is C16H24N6O2. The highest BCUT2D eigenvalue weighted by Gasteiger charge is 2.26. The standard InChI is InChI=1S/C16H24N6O2/c23-14-13(6-1-2-7-17-14)21-16(24)20-12-5-3-10-22(11-12)15-18-8-4-9-19-15/h4,8-9,12-13H,1-3,5-7,10-11H2,(H,17,23)(H2,20,21,24)/t12-,13+/m1/s1. The predicted octanol–water partition coefficient (Wildman–Crippen LogP) is 0.413. The molecule has 2 saturated heterocycles. The van der Waals surface area contributed by atoms with Crippen LogP contribution in [0.4, 0.5) is 10.7 Å². The van der Waals surface area contributed by atoms with Crippen LogP contribution in [0, 0.1) is 0 Å². The number of nitrogens with zero attached hydrogens (tertiary/aromatic N) is 3. The lowest BCUT2D eigenvalue weighted by Crippen LogP contribution is -2.54. The quantitative estimate of drug-likeness (QED) is 0.745. The molecule has 8 nitrogen and oxygen atoms in total. The first-order valence-corrected chi connectivity index (χ1v) is 8.59. The number of amides is 3. The minimum absolute atomic E-state index is 0.0244. The Labute approximate surface area is 141 Å². The van der Waals surface area contributed by atoms with Crippen molar-refractivity contribution in [2.75, 3.05) is 24.5 Å². The molecule has 8 heteroatoms. The summed E-state index contributed by atoms with van der Waals surface area (Å²) >= 11 is 0. The summed E-state index contributed by atoms with van der Waals surface area (Å²) < 4.78 is 0. The highest BCUT2D eigenvalue weighted by molar-refractivity contribution is 5.87. The fourth-order valence-corrected chi connectivity index (χ4v) is 3.19. The van der Waals surface area contributed by atoms with Gasteiger partial charge in [0.25, 0.3) is 0 Å². The highest BCUT2D eigenvalue weighted by atomic mass is 16.2. The molecule has 3 rings (SSSR count). The second kappa shape index (κ2) is 7.94. The van der Waals surface area contributed by atoms with Gasteiger partial charge in [0.2, 0.25) is 11.9 Å². The molecule has 130 valence electrons. The zero-order valence-electron chi connectivity index (χ0n) is 13.7. The molecule has 2 aliphatic rings. The van der Waals surface area contributed by atoms with Gasteiger partial charge in [-0.25, -0.2) is 14.8 Å². The topological polar surface area (TPSA) is 99.2 Å². The van der Waals surface area contributed by atoms with Crippen LogP contribution in [0.1, 0.15) is 32.1 Å². The summed E-state index contributed by atoms with van der Waals surface area (Å²) in [4.78, 5) is 34.7. The van der Waals surface area contributed by atoms with Gasteiger partial charge >= 0.3 is 6.03 Å². The van der Waals surface area contributed by atoms with Crippen molar-refractivity contribution >= 4 is 17.9 Å². The van der Waals surface area contributed by atoms with Crippen LogP contribution in [0.25, 0.3) is 0 Å². The van der Waals surface area contributed by atoms with Crippen molar-refractivity contribution in [3.63, 3.8) is 0 Å². The molecular weight excluding hydrogens is 308 g/mol. The molecule has 0 spiro atoms. The zero-order chi connectivity index (χ0) is 16.8. The van der Waals surface area contributed by atoms with Crippen LogP contribution >= 0.6 is 0 Å². The van der Waals surface area contributed by atoms with Gasteiger partial charge in [0.1, 0.15) is 6.04 Å². The van der Waals surface area contributed by atoms with Gasteiger partial charge in [0, 0.05) is 38.1 Å². The number of piperidine rings is 1. The van der Waals surface area contributed by atoms with Gasteiger partial charge in [-0.2, -0.15) is 0 Å². The van der Waals surface area contributed by atoms with Gasteiger partial charge in [-0.3, -0.25) is 4.79 Å². The Morgan fingerprint density at radius 3 is 2.83 bits per heavy atom. The Morgan fingerprint density at radius 1 is 1.17 bits per heavy atom. The maximum absolute atomic E-state index is 12.2. The number of anilines is 1. The van der Waals surface area contributed by atoms with Crippen molar-refractivity contribution in [3.8, 4) is 0 Å². The molecule has 3 heterocycles. The molecule has 0 radical (unpaired) electrons. The normalized spacial score (nSPS) is 24.7. The molecule has 0 bridgehead atoms. The average molecular weight is 332 g/mol. The van der Waals surface area contributed by atoms with Crippen LogP contribution in [-0.2, 0) is 4.79 Å². The number of urea groups is 1. The number of carbonyl (C=O) groups is 2. The van der Waals surface area contributed by atoms with Crippen molar-refractivity contribution < 1.29 is 9.59 Å². The Hall–Kier alpha value is -2.38. The lowest BCUT2D eigenvalue weighted by atomic mass is 10.1. The Balaban J connectivity index is 1.51. The third-order valence-electron chi connectivity index (χ3n) is 4.43. The molecule has 0 aromatic carbocycles. The van der Waals surface area contributed by atoms with E-state index in [2.05, 4.69) is 30.8 Å². The van der Waals surface area contributed by atoms with Gasteiger partial charge in [0.15, 0.2) is 0 Å². The maximum Gasteiger partial charge on any atom is 0.315 e. The molecule has 0 aliphatic carbocycles. The fraction of sp³-hybridized carbons (Fsp3) is 0.625. The Morgan fingerprint density at radius 2 is 2.00 bits per heavy atom. The van der Waals surface area contributed by atoms with E-state index < -0.39 is 6.04 Å². The molecule has 1 aromatic rings. The monoisotopic (exact) mass is 332 g/mol. The van der Waals surface area contributed by atoms with E-state index in [1.54, 1.807) is 18.5 Å². The van der Waals surface area contributed by atoms with Gasteiger partial charge in [0.05, 0.1) is 0 Å². The Kier molecular flexibility index (Phi) is 5.45. The summed E-state index contributed by atoms with van der Waals surface area (Å²) in [6.07, 6.45) is 7.90. The molecule has 2 aliphatic heterocycles. The lowest BCUT2D eigenvalue weighted by molar-refractivity contribution is -0.122. The van der Waals surface area contributed by atoms with Crippen molar-refractivity contribution in [2.24, 2.45) is 0 Å². The van der Waals surface area contributed by atoms with Gasteiger partial charge in [-0.05, 0) is 38.2 Å². The summed E-state index contributed by atoms with van der Waals surface area (Å²) in [5.74, 6) is 0.596. The van der Waals surface area contributed by atoms with Crippen LogP contribution < -0.4 is 20.9 Å². The van der Waals surface area contributed by atoms with Gasteiger partial charge in [-0.1, -0.05) is 0 Å². The van der Waals surface area contributed by atoms with E-state index in [0.717, 1.165) is 32.2 Å². The van der Waals surface area contributed by atoms with Crippen molar-refractivity contribution in [3.05, 3.63) is 18.5 Å². The molecule has 2 atom stereocenters. The molecule has 2 fully saturated rings. The smallest absolute Gasteiger partial charge is 0.315 e. The van der Waals surface area contributed by atoms with E-state index in [1.807, 2.05) is 0 Å². The van der Waals surface area contributed by atoms with Crippen molar-refractivity contribution in [1.29, 1.82) is 0 Å². The van der Waals surface area contributed by atoms with Gasteiger partial charge in [-0.15, -0.1) is 0 Å². The van der Waals surface area contributed by atoms with E-state index >= 15 is 0 Å². The lowest BCUT2D eigenvalue weighted by Gasteiger charge is -2.33. The fourth-order valence-electron chi connectivity index (χ4n) is 3.19. The number of hydrogen-bond donors (Lipinski definition) is 3. The van der Waals surface area contributed by atoms with Gasteiger partial charge < -0.3 is 20.9 Å². The number of aromatic nitrogens is 2. The molecule has 0 unspecified atom stereocenters. The third kappa shape index (κ3) is 4.33. The molecule has 1 aromatic heterocycles. The first kappa shape index (κ1) is 16.5. The number of carbonyl (C=O) groups excluding carboxylic acids is 2. The Bertz CT molecular complexity index is 567. The predicted molar refractivity (Wildman–Crippen MR) is 89.6 cm³/mol. The van der Waals surface area contributed by atoms with E-state index in [0.29, 0.717) is 25.5 Å². The SMILES string of the molecule is O=C(N[C@@H]1CCCN(c2ncccn2)C1)N[C@H]1CCCCNC1=O. The molecule has 0 saturated carbocycles. The molecule has 24 heavy (non-hydrogen) atoms. The van der Waals surface area contributed by atoms with E-state index in [9.17, 15) is 9.59 Å². The summed E-state index contributed by atoms with van der Waals surface area (Å²) in [7, 11) is 0. The van der Waals surface area contributed by atoms with E-state index in [1.165, 1.54) is 0 Å². The average Bonchev–Trinajstić information content (AvgIpc) is 2.80. The van der Waals surface area contributed by atoms with Crippen LogP contribution in [0.3, 0.4) is 0 Å². The number of rotatable bonds is 3. The number of hydrogen-bond acceptors (Lipinski definition) is 5. The van der Waals surface area contributed by atoms with Crippen LogP contribution in [0.15, 0.2) is 18.5 Å². The van der Waals surface area contributed by atoms with Crippen LogP contribution in [0.2, 0.25) is 0 Å². The second-order valence-electron chi connectivity index (χ2n) is 6.29. The van der Waals surface area contributed by atoms with E-state index in [-0.39, 0.29) is 18.0 Å². The molecule has 3 amide bonds. The summed E-state index contributed by atoms with van der Waals surface area (Å²) in [6, 6.07) is 1.09. The van der Waals surface area contributed by atoms with Crippen LogP contribution in [-0.4, -0.2) is 53.6 Å². The van der Waals surface area contributed by atoms with Crippen molar-refractivity contribution in [2.45, 2.75) is 44.2 Å². The molecule has 3 N–H and O–H groups in total.